The molecule has 2 amide bonds. The average molecular weight is 537 g/mol. The second kappa shape index (κ2) is 13.1. The molecular weight excluding hydrogens is 504 g/mol. The quantitative estimate of drug-likeness (QED) is 0.281. The molecule has 1 aliphatic heterocycles. The van der Waals surface area contributed by atoms with E-state index in [1.165, 1.54) is 6.92 Å². The maximum Gasteiger partial charge on any atom is 0.251 e. The molecule has 1 aliphatic rings. The van der Waals surface area contributed by atoms with E-state index in [9.17, 15) is 9.59 Å². The molecule has 0 unspecified atom stereocenters. The first kappa shape index (κ1) is 27.1. The van der Waals surface area contributed by atoms with Crippen LogP contribution in [0.15, 0.2) is 103 Å². The lowest BCUT2D eigenvalue weighted by molar-refractivity contribution is -0.119. The van der Waals surface area contributed by atoms with Crippen molar-refractivity contribution in [2.45, 2.75) is 32.4 Å². The molecular formula is C33H32N2O5. The first-order valence-corrected chi connectivity index (χ1v) is 13.3. The van der Waals surface area contributed by atoms with Gasteiger partial charge in [0.2, 0.25) is 5.91 Å². The summed E-state index contributed by atoms with van der Waals surface area (Å²) in [5.74, 6) is 0.450. The Morgan fingerprint density at radius 2 is 1.50 bits per heavy atom. The number of ether oxygens (including phenoxy) is 3. The standard InChI is InChI=1S/C33H32N2O5/c1-23(36)35-31(26-6-3-2-4-7-26)29-8-5-9-30(20-29)40-22-25-12-14-27(15-13-25)32(37)34-21-24-10-16-28(17-11-24)33-38-18-19-39-33/h2-17,20,31,33H,18-19,21-22H2,1H3,(H,34,37)(H,35,36)/t31-/m0/s1. The molecule has 1 heterocycles. The van der Waals surface area contributed by atoms with Crippen molar-refractivity contribution in [3.8, 4) is 5.75 Å². The van der Waals surface area contributed by atoms with Gasteiger partial charge in [0.05, 0.1) is 19.3 Å². The minimum absolute atomic E-state index is 0.105. The van der Waals surface area contributed by atoms with Gasteiger partial charge in [-0.05, 0) is 46.5 Å². The largest absolute Gasteiger partial charge is 0.489 e. The Morgan fingerprint density at radius 3 is 2.20 bits per heavy atom. The van der Waals surface area contributed by atoms with Gasteiger partial charge in [-0.3, -0.25) is 9.59 Å². The van der Waals surface area contributed by atoms with Gasteiger partial charge in [0, 0.05) is 24.6 Å². The summed E-state index contributed by atoms with van der Waals surface area (Å²) in [5.41, 5.74) is 5.41. The van der Waals surface area contributed by atoms with E-state index >= 15 is 0 Å². The van der Waals surface area contributed by atoms with Crippen LogP contribution in [0.25, 0.3) is 0 Å². The van der Waals surface area contributed by atoms with Gasteiger partial charge in [0.15, 0.2) is 6.29 Å². The number of hydrogen-bond acceptors (Lipinski definition) is 5. The summed E-state index contributed by atoms with van der Waals surface area (Å²) in [4.78, 5) is 24.5. The lowest BCUT2D eigenvalue weighted by Crippen LogP contribution is -2.26. The maximum absolute atomic E-state index is 12.7. The molecule has 1 fully saturated rings. The summed E-state index contributed by atoms with van der Waals surface area (Å²) in [5, 5.41) is 5.99. The van der Waals surface area contributed by atoms with E-state index in [0.29, 0.717) is 37.7 Å². The molecule has 2 N–H and O–H groups in total. The van der Waals surface area contributed by atoms with E-state index < -0.39 is 0 Å². The molecule has 4 aromatic carbocycles. The zero-order valence-corrected chi connectivity index (χ0v) is 22.3. The minimum Gasteiger partial charge on any atom is -0.489 e. The number of nitrogens with one attached hydrogen (secondary N) is 2. The summed E-state index contributed by atoms with van der Waals surface area (Å²) in [6, 6.07) is 32.5. The van der Waals surface area contributed by atoms with Gasteiger partial charge in [0.25, 0.3) is 5.91 Å². The number of rotatable bonds is 10. The number of amides is 2. The molecule has 7 heteroatoms. The summed E-state index contributed by atoms with van der Waals surface area (Å²) in [6.45, 7) is 3.50. The van der Waals surface area contributed by atoms with Crippen LogP contribution in [0.4, 0.5) is 0 Å². The lowest BCUT2D eigenvalue weighted by Gasteiger charge is -2.20. The first-order valence-electron chi connectivity index (χ1n) is 13.3. The Kier molecular flexibility index (Phi) is 8.86. The third-order valence-electron chi connectivity index (χ3n) is 6.62. The molecule has 1 atom stereocenters. The first-order chi connectivity index (χ1) is 19.5. The highest BCUT2D eigenvalue weighted by atomic mass is 16.7. The van der Waals surface area contributed by atoms with Crippen molar-refractivity contribution in [2.75, 3.05) is 13.2 Å². The molecule has 1 saturated heterocycles. The predicted octanol–water partition coefficient (Wildman–Crippen LogP) is 5.47. The smallest absolute Gasteiger partial charge is 0.251 e. The Hall–Kier alpha value is -4.46. The summed E-state index contributed by atoms with van der Waals surface area (Å²) in [6.07, 6.45) is -0.301. The molecule has 0 aliphatic carbocycles. The van der Waals surface area contributed by atoms with E-state index in [1.807, 2.05) is 91.0 Å². The molecule has 204 valence electrons. The zero-order chi connectivity index (χ0) is 27.7. The average Bonchev–Trinajstić information content (AvgIpc) is 3.54. The third-order valence-corrected chi connectivity index (χ3v) is 6.62. The van der Waals surface area contributed by atoms with Crippen LogP contribution in [0.2, 0.25) is 0 Å². The van der Waals surface area contributed by atoms with Crippen molar-refractivity contribution in [1.29, 1.82) is 0 Å². The molecule has 0 aromatic heterocycles. The molecule has 0 saturated carbocycles. The van der Waals surface area contributed by atoms with Gasteiger partial charge in [-0.25, -0.2) is 0 Å². The number of hydrogen-bond donors (Lipinski definition) is 2. The van der Waals surface area contributed by atoms with E-state index in [-0.39, 0.29) is 24.1 Å². The summed E-state index contributed by atoms with van der Waals surface area (Å²) < 4.78 is 17.1. The fraction of sp³-hybridized carbons (Fsp3) is 0.212. The van der Waals surface area contributed by atoms with Crippen LogP contribution >= 0.6 is 0 Å². The van der Waals surface area contributed by atoms with Crippen LogP contribution in [0, 0.1) is 0 Å². The SMILES string of the molecule is CC(=O)N[C@@H](c1ccccc1)c1cccc(OCc2ccc(C(=O)NCc3ccc(C4OCCO4)cc3)cc2)c1. The van der Waals surface area contributed by atoms with E-state index in [2.05, 4.69) is 10.6 Å². The molecule has 0 radical (unpaired) electrons. The third kappa shape index (κ3) is 7.14. The number of benzene rings is 4. The number of carbonyl (C=O) groups excluding carboxylic acids is 2. The van der Waals surface area contributed by atoms with Crippen molar-refractivity contribution in [1.82, 2.24) is 10.6 Å². The Morgan fingerprint density at radius 1 is 0.825 bits per heavy atom. The summed E-state index contributed by atoms with van der Waals surface area (Å²) >= 11 is 0. The van der Waals surface area contributed by atoms with Crippen LogP contribution in [0.3, 0.4) is 0 Å². The number of carbonyl (C=O) groups is 2. The van der Waals surface area contributed by atoms with Crippen molar-refractivity contribution < 1.29 is 23.8 Å². The normalized spacial score (nSPS) is 13.9. The highest BCUT2D eigenvalue weighted by Crippen LogP contribution is 2.26. The van der Waals surface area contributed by atoms with Crippen molar-refractivity contribution in [3.05, 3.63) is 137 Å². The molecule has 5 rings (SSSR count). The van der Waals surface area contributed by atoms with E-state index in [0.717, 1.165) is 27.8 Å². The van der Waals surface area contributed by atoms with Crippen molar-refractivity contribution in [3.63, 3.8) is 0 Å². The topological polar surface area (TPSA) is 85.9 Å². The van der Waals surface area contributed by atoms with Crippen LogP contribution in [-0.2, 0) is 27.4 Å². The van der Waals surface area contributed by atoms with Gasteiger partial charge in [-0.1, -0.05) is 78.9 Å². The monoisotopic (exact) mass is 536 g/mol. The van der Waals surface area contributed by atoms with Crippen molar-refractivity contribution >= 4 is 11.8 Å². The Bertz CT molecular complexity index is 1420. The van der Waals surface area contributed by atoms with Crippen LogP contribution in [0.5, 0.6) is 5.75 Å². The molecule has 7 nitrogen and oxygen atoms in total. The highest BCUT2D eigenvalue weighted by Gasteiger charge is 2.18. The van der Waals surface area contributed by atoms with Gasteiger partial charge < -0.3 is 24.8 Å². The van der Waals surface area contributed by atoms with Gasteiger partial charge in [0.1, 0.15) is 12.4 Å². The molecule has 4 aromatic rings. The lowest BCUT2D eigenvalue weighted by atomic mass is 9.98. The van der Waals surface area contributed by atoms with E-state index in [4.69, 9.17) is 14.2 Å². The van der Waals surface area contributed by atoms with E-state index in [1.54, 1.807) is 12.1 Å². The van der Waals surface area contributed by atoms with Crippen LogP contribution in [-0.4, -0.2) is 25.0 Å². The Labute approximate surface area is 234 Å². The fourth-order valence-electron chi connectivity index (χ4n) is 4.54. The minimum atomic E-state index is -0.301. The van der Waals surface area contributed by atoms with Crippen LogP contribution in [0.1, 0.15) is 57.4 Å². The zero-order valence-electron chi connectivity index (χ0n) is 22.3. The predicted molar refractivity (Wildman–Crippen MR) is 152 cm³/mol. The maximum atomic E-state index is 12.7. The Balaban J connectivity index is 1.15. The van der Waals surface area contributed by atoms with Gasteiger partial charge >= 0.3 is 0 Å². The van der Waals surface area contributed by atoms with Gasteiger partial charge in [-0.2, -0.15) is 0 Å². The molecule has 40 heavy (non-hydrogen) atoms. The molecule has 0 spiro atoms. The van der Waals surface area contributed by atoms with Gasteiger partial charge in [-0.15, -0.1) is 0 Å². The second-order valence-electron chi connectivity index (χ2n) is 9.60. The van der Waals surface area contributed by atoms with Crippen LogP contribution < -0.4 is 15.4 Å². The highest BCUT2D eigenvalue weighted by molar-refractivity contribution is 5.94. The van der Waals surface area contributed by atoms with Crippen molar-refractivity contribution in [2.24, 2.45) is 0 Å². The molecule has 0 bridgehead atoms. The second-order valence-corrected chi connectivity index (χ2v) is 9.60. The fourth-order valence-corrected chi connectivity index (χ4v) is 4.54. The summed E-state index contributed by atoms with van der Waals surface area (Å²) in [7, 11) is 0.